The van der Waals surface area contributed by atoms with Crippen LogP contribution in [0.15, 0.2) is 24.3 Å². The number of anilines is 1. The van der Waals surface area contributed by atoms with Gasteiger partial charge in [0.15, 0.2) is 0 Å². The molecule has 1 rings (SSSR count). The maximum Gasteiger partial charge on any atom is 0.0640 e. The minimum atomic E-state index is -0.0201. The molecule has 98 valence electrons. The van der Waals surface area contributed by atoms with Gasteiger partial charge in [0.2, 0.25) is 0 Å². The minimum absolute atomic E-state index is 0.0201. The lowest BCUT2D eigenvalue weighted by Gasteiger charge is -2.27. The molecule has 1 aromatic carbocycles. The van der Waals surface area contributed by atoms with E-state index >= 15 is 0 Å². The Morgan fingerprint density at radius 1 is 1.39 bits per heavy atom. The molecule has 18 heavy (non-hydrogen) atoms. The average Bonchev–Trinajstić information content (AvgIpc) is 2.39. The molecule has 0 saturated carbocycles. The Labute approximate surface area is 109 Å². The summed E-state index contributed by atoms with van der Waals surface area (Å²) in [5.41, 5.74) is 8.19. The quantitative estimate of drug-likeness (QED) is 0.801. The highest BCUT2D eigenvalue weighted by Crippen LogP contribution is 2.25. The van der Waals surface area contributed by atoms with Crippen LogP contribution in [0.1, 0.15) is 24.9 Å². The number of hydrogen-bond donors (Lipinski definition) is 1. The van der Waals surface area contributed by atoms with Gasteiger partial charge in [-0.25, -0.2) is 0 Å². The van der Waals surface area contributed by atoms with Gasteiger partial charge in [-0.3, -0.25) is 0 Å². The van der Waals surface area contributed by atoms with Crippen LogP contribution in [-0.2, 0) is 4.74 Å². The summed E-state index contributed by atoms with van der Waals surface area (Å²) in [6.07, 6.45) is 0.497. The summed E-state index contributed by atoms with van der Waals surface area (Å²) in [6, 6.07) is 10.2. The summed E-state index contributed by atoms with van der Waals surface area (Å²) in [6.45, 7) is 4.07. The van der Waals surface area contributed by atoms with E-state index in [1.54, 1.807) is 7.11 Å². The van der Waals surface area contributed by atoms with E-state index in [0.29, 0.717) is 19.6 Å². The van der Waals surface area contributed by atoms with Gasteiger partial charge in [0.05, 0.1) is 19.1 Å². The summed E-state index contributed by atoms with van der Waals surface area (Å²) in [5.74, 6) is 0. The Hall–Kier alpha value is -1.57. The number of nitriles is 1. The molecule has 0 spiro atoms. The molecule has 1 aromatic rings. The fourth-order valence-electron chi connectivity index (χ4n) is 1.90. The number of para-hydroxylation sites is 1. The number of rotatable bonds is 7. The lowest BCUT2D eigenvalue weighted by Crippen LogP contribution is -2.29. The Bertz CT molecular complexity index is 398. The molecular weight excluding hydrogens is 226 g/mol. The van der Waals surface area contributed by atoms with Crippen LogP contribution >= 0.6 is 0 Å². The maximum absolute atomic E-state index is 8.73. The Morgan fingerprint density at radius 2 is 2.11 bits per heavy atom. The molecule has 0 heterocycles. The van der Waals surface area contributed by atoms with E-state index in [2.05, 4.69) is 11.0 Å². The van der Waals surface area contributed by atoms with Crippen molar-refractivity contribution in [2.75, 3.05) is 31.7 Å². The Balaban J connectivity index is 2.92. The van der Waals surface area contributed by atoms with Crippen LogP contribution in [0.25, 0.3) is 0 Å². The highest BCUT2D eigenvalue weighted by atomic mass is 16.5. The first-order valence-electron chi connectivity index (χ1n) is 6.16. The van der Waals surface area contributed by atoms with E-state index in [1.165, 1.54) is 0 Å². The summed E-state index contributed by atoms with van der Waals surface area (Å²) in [4.78, 5) is 2.16. The van der Waals surface area contributed by atoms with E-state index in [4.69, 9.17) is 15.7 Å². The van der Waals surface area contributed by atoms with Crippen molar-refractivity contribution in [3.8, 4) is 6.07 Å². The predicted molar refractivity (Wildman–Crippen MR) is 73.4 cm³/mol. The second-order valence-corrected chi connectivity index (χ2v) is 4.24. The normalized spacial score (nSPS) is 11.9. The van der Waals surface area contributed by atoms with Crippen LogP contribution in [0.3, 0.4) is 0 Å². The molecule has 0 aliphatic heterocycles. The molecule has 2 N–H and O–H groups in total. The number of benzene rings is 1. The van der Waals surface area contributed by atoms with Gasteiger partial charge >= 0.3 is 0 Å². The standard InChI is InChI=1S/C14H21N3O/c1-12(16)13-6-3-4-7-14(13)17(9-5-8-15)10-11-18-2/h3-4,6-7,12H,5,9-11,16H2,1-2H3/t12-/m0/s1. The SMILES string of the molecule is COCCN(CCC#N)c1ccccc1[C@H](C)N. The van der Waals surface area contributed by atoms with Gasteiger partial charge in [-0.15, -0.1) is 0 Å². The third kappa shape index (κ3) is 4.02. The zero-order valence-electron chi connectivity index (χ0n) is 11.1. The molecule has 0 bridgehead atoms. The molecule has 1 atom stereocenters. The van der Waals surface area contributed by atoms with Crippen molar-refractivity contribution in [1.82, 2.24) is 0 Å². The van der Waals surface area contributed by atoms with Crippen LogP contribution in [0.2, 0.25) is 0 Å². The molecule has 0 amide bonds. The summed E-state index contributed by atoms with van der Waals surface area (Å²) in [7, 11) is 1.68. The van der Waals surface area contributed by atoms with Gasteiger partial charge in [0.1, 0.15) is 0 Å². The molecule has 0 saturated heterocycles. The van der Waals surface area contributed by atoms with E-state index in [1.807, 2.05) is 31.2 Å². The molecule has 0 fully saturated rings. The van der Waals surface area contributed by atoms with Crippen molar-refractivity contribution in [2.45, 2.75) is 19.4 Å². The van der Waals surface area contributed by atoms with Gasteiger partial charge in [0, 0.05) is 31.9 Å². The topological polar surface area (TPSA) is 62.3 Å². The van der Waals surface area contributed by atoms with Crippen molar-refractivity contribution in [1.29, 1.82) is 5.26 Å². The lowest BCUT2D eigenvalue weighted by atomic mass is 10.1. The third-order valence-corrected chi connectivity index (χ3v) is 2.83. The van der Waals surface area contributed by atoms with E-state index in [0.717, 1.165) is 17.8 Å². The van der Waals surface area contributed by atoms with Gasteiger partial charge in [-0.2, -0.15) is 5.26 Å². The highest BCUT2D eigenvalue weighted by molar-refractivity contribution is 5.55. The first-order valence-corrected chi connectivity index (χ1v) is 6.16. The van der Waals surface area contributed by atoms with E-state index in [-0.39, 0.29) is 6.04 Å². The summed E-state index contributed by atoms with van der Waals surface area (Å²) < 4.78 is 5.12. The van der Waals surface area contributed by atoms with Crippen LogP contribution < -0.4 is 10.6 Å². The van der Waals surface area contributed by atoms with Gasteiger partial charge in [-0.1, -0.05) is 18.2 Å². The fraction of sp³-hybridized carbons (Fsp3) is 0.500. The molecule has 0 aromatic heterocycles. The number of nitrogens with two attached hydrogens (primary N) is 1. The predicted octanol–water partition coefficient (Wildman–Crippen LogP) is 2.07. The van der Waals surface area contributed by atoms with Crippen LogP contribution in [-0.4, -0.2) is 26.8 Å². The van der Waals surface area contributed by atoms with E-state index in [9.17, 15) is 0 Å². The molecule has 0 radical (unpaired) electrons. The van der Waals surface area contributed by atoms with E-state index < -0.39 is 0 Å². The van der Waals surface area contributed by atoms with Gasteiger partial charge in [-0.05, 0) is 18.6 Å². The molecular formula is C14H21N3O. The Morgan fingerprint density at radius 3 is 2.72 bits per heavy atom. The second kappa shape index (κ2) is 7.70. The Kier molecular flexibility index (Phi) is 6.20. The van der Waals surface area contributed by atoms with Crippen LogP contribution in [0.5, 0.6) is 0 Å². The van der Waals surface area contributed by atoms with Crippen LogP contribution in [0, 0.1) is 11.3 Å². The zero-order chi connectivity index (χ0) is 13.4. The second-order valence-electron chi connectivity index (χ2n) is 4.24. The molecule has 0 unspecified atom stereocenters. The van der Waals surface area contributed by atoms with Crippen molar-refractivity contribution >= 4 is 5.69 Å². The number of ether oxygens (including phenoxy) is 1. The van der Waals surface area contributed by atoms with Crippen molar-refractivity contribution in [3.63, 3.8) is 0 Å². The third-order valence-electron chi connectivity index (χ3n) is 2.83. The fourth-order valence-corrected chi connectivity index (χ4v) is 1.90. The van der Waals surface area contributed by atoms with Crippen molar-refractivity contribution < 1.29 is 4.74 Å². The number of hydrogen-bond acceptors (Lipinski definition) is 4. The summed E-state index contributed by atoms with van der Waals surface area (Å²) >= 11 is 0. The molecule has 4 nitrogen and oxygen atoms in total. The highest BCUT2D eigenvalue weighted by Gasteiger charge is 2.12. The molecule has 4 heteroatoms. The van der Waals surface area contributed by atoms with Crippen molar-refractivity contribution in [2.24, 2.45) is 5.73 Å². The number of methoxy groups -OCH3 is 1. The van der Waals surface area contributed by atoms with Gasteiger partial charge in [0.25, 0.3) is 0 Å². The van der Waals surface area contributed by atoms with Gasteiger partial charge < -0.3 is 15.4 Å². The molecule has 0 aliphatic carbocycles. The largest absolute Gasteiger partial charge is 0.383 e. The summed E-state index contributed by atoms with van der Waals surface area (Å²) in [5, 5.41) is 8.73. The smallest absolute Gasteiger partial charge is 0.0640 e. The number of nitrogens with zero attached hydrogens (tertiary/aromatic N) is 2. The first-order chi connectivity index (χ1) is 8.70. The van der Waals surface area contributed by atoms with Crippen molar-refractivity contribution in [3.05, 3.63) is 29.8 Å². The average molecular weight is 247 g/mol. The lowest BCUT2D eigenvalue weighted by molar-refractivity contribution is 0.205. The first kappa shape index (κ1) is 14.5. The molecule has 0 aliphatic rings. The van der Waals surface area contributed by atoms with Crippen LogP contribution in [0.4, 0.5) is 5.69 Å². The maximum atomic E-state index is 8.73. The zero-order valence-corrected chi connectivity index (χ0v) is 11.1. The monoisotopic (exact) mass is 247 g/mol. The minimum Gasteiger partial charge on any atom is -0.383 e.